The van der Waals surface area contributed by atoms with Gasteiger partial charge in [0.25, 0.3) is 5.91 Å². The van der Waals surface area contributed by atoms with Gasteiger partial charge < -0.3 is 26.7 Å². The molecule has 10 heteroatoms. The van der Waals surface area contributed by atoms with Crippen molar-refractivity contribution >= 4 is 66.2 Å². The summed E-state index contributed by atoms with van der Waals surface area (Å²) in [6.45, 7) is 0.428. The summed E-state index contributed by atoms with van der Waals surface area (Å²) in [6.07, 6.45) is 2.54. The molecule has 8 nitrogen and oxygen atoms in total. The third-order valence-electron chi connectivity index (χ3n) is 6.10. The van der Waals surface area contributed by atoms with Crippen LogP contribution in [0.4, 0.5) is 5.69 Å². The van der Waals surface area contributed by atoms with Crippen LogP contribution in [0.3, 0.4) is 0 Å². The van der Waals surface area contributed by atoms with E-state index in [4.69, 9.17) is 11.5 Å². The predicted octanol–water partition coefficient (Wildman–Crippen LogP) is 5.11. The summed E-state index contributed by atoms with van der Waals surface area (Å²) in [4.78, 5) is 36.4. The summed E-state index contributed by atoms with van der Waals surface area (Å²) < 4.78 is 1.55. The molecule has 1 atom stereocenters. The highest BCUT2D eigenvalue weighted by atomic mass is 79.9. The first-order chi connectivity index (χ1) is 18.3. The number of anilines is 1. The number of carbonyl (C=O) groups is 2. The largest absolute Gasteiger partial charge is 0.370 e. The molecular formula is C28H28Br2N6O2. The molecule has 0 aliphatic heterocycles. The molecule has 4 aromatic rings. The Morgan fingerprint density at radius 3 is 2.47 bits per heavy atom. The Kier molecular flexibility index (Phi) is 9.19. The number of nitrogens with one attached hydrogen (secondary N) is 2. The van der Waals surface area contributed by atoms with E-state index < -0.39 is 6.04 Å². The molecule has 3 aromatic carbocycles. The van der Waals surface area contributed by atoms with E-state index in [1.807, 2.05) is 79.0 Å². The van der Waals surface area contributed by atoms with E-state index in [9.17, 15) is 9.59 Å². The second-order valence-electron chi connectivity index (χ2n) is 8.68. The number of aromatic amines is 1. The van der Waals surface area contributed by atoms with E-state index in [0.29, 0.717) is 28.7 Å². The van der Waals surface area contributed by atoms with Gasteiger partial charge in [0.2, 0.25) is 5.91 Å². The average Bonchev–Trinajstić information content (AvgIpc) is 3.30. The number of amides is 2. The fraction of sp³-hybridized carbons (Fsp3) is 0.179. The maximum absolute atomic E-state index is 13.8. The lowest BCUT2D eigenvalue weighted by atomic mass is 10.0. The van der Waals surface area contributed by atoms with Crippen LogP contribution in [0.2, 0.25) is 0 Å². The number of nitrogens with zero attached hydrogens (tertiary/aromatic N) is 2. The van der Waals surface area contributed by atoms with Crippen LogP contribution in [-0.4, -0.2) is 40.7 Å². The topological polar surface area (TPSA) is 130 Å². The van der Waals surface area contributed by atoms with Crippen molar-refractivity contribution in [1.82, 2.24) is 9.88 Å². The molecule has 1 unspecified atom stereocenters. The van der Waals surface area contributed by atoms with Gasteiger partial charge in [-0.2, -0.15) is 0 Å². The number of H-pyrrole nitrogens is 1. The molecule has 0 aliphatic carbocycles. The number of hydrogen-bond acceptors (Lipinski definition) is 3. The van der Waals surface area contributed by atoms with Gasteiger partial charge in [-0.3, -0.25) is 14.6 Å². The van der Waals surface area contributed by atoms with Crippen molar-refractivity contribution in [3.8, 4) is 0 Å². The first-order valence-corrected chi connectivity index (χ1v) is 13.6. The Morgan fingerprint density at radius 1 is 1.00 bits per heavy atom. The van der Waals surface area contributed by atoms with Crippen molar-refractivity contribution in [3.05, 3.63) is 99.1 Å². The summed E-state index contributed by atoms with van der Waals surface area (Å²) in [6, 6.07) is 21.8. The minimum Gasteiger partial charge on any atom is -0.370 e. The Bertz CT molecular complexity index is 1450. The van der Waals surface area contributed by atoms with Crippen LogP contribution in [0.25, 0.3) is 10.9 Å². The van der Waals surface area contributed by atoms with E-state index in [0.717, 1.165) is 20.9 Å². The van der Waals surface area contributed by atoms with Gasteiger partial charge in [-0.1, -0.05) is 74.3 Å². The summed E-state index contributed by atoms with van der Waals surface area (Å²) >= 11 is 7.08. The summed E-state index contributed by atoms with van der Waals surface area (Å²) in [5, 5.41) is 4.05. The number of rotatable bonds is 10. The van der Waals surface area contributed by atoms with Crippen molar-refractivity contribution in [2.24, 2.45) is 16.5 Å². The van der Waals surface area contributed by atoms with Crippen LogP contribution in [0.5, 0.6) is 0 Å². The SMILES string of the molecule is NC(N)=NCCC(=O)N(CCc1c[nH]c2ccccc12)C(C(=O)Nc1ccccc1)c1ccc(Br)cc1Br. The second-order valence-corrected chi connectivity index (χ2v) is 10.4. The van der Waals surface area contributed by atoms with Gasteiger partial charge in [-0.15, -0.1) is 0 Å². The van der Waals surface area contributed by atoms with Crippen molar-refractivity contribution < 1.29 is 9.59 Å². The van der Waals surface area contributed by atoms with Crippen LogP contribution in [0.15, 0.2) is 92.9 Å². The quantitative estimate of drug-likeness (QED) is 0.142. The van der Waals surface area contributed by atoms with Gasteiger partial charge in [-0.25, -0.2) is 0 Å². The van der Waals surface area contributed by atoms with Gasteiger partial charge in [0, 0.05) is 44.7 Å². The maximum atomic E-state index is 13.8. The molecule has 6 N–H and O–H groups in total. The highest BCUT2D eigenvalue weighted by Crippen LogP contribution is 2.33. The van der Waals surface area contributed by atoms with Gasteiger partial charge >= 0.3 is 0 Å². The molecule has 0 spiro atoms. The van der Waals surface area contributed by atoms with Crippen LogP contribution < -0.4 is 16.8 Å². The number of nitrogens with two attached hydrogens (primary N) is 2. The number of fused-ring (bicyclic) bond motifs is 1. The molecule has 2 amide bonds. The number of aliphatic imine (C=N–C) groups is 1. The molecule has 0 aliphatic rings. The molecule has 1 aromatic heterocycles. The fourth-order valence-electron chi connectivity index (χ4n) is 4.31. The third kappa shape index (κ3) is 6.81. The number of para-hydroxylation sites is 2. The molecule has 196 valence electrons. The van der Waals surface area contributed by atoms with Crippen LogP contribution >= 0.6 is 31.9 Å². The molecule has 0 radical (unpaired) electrons. The smallest absolute Gasteiger partial charge is 0.251 e. The van der Waals surface area contributed by atoms with Gasteiger partial charge in [0.1, 0.15) is 6.04 Å². The number of halogens is 2. The Hall–Kier alpha value is -3.63. The zero-order chi connectivity index (χ0) is 27.1. The van der Waals surface area contributed by atoms with Gasteiger partial charge in [0.15, 0.2) is 5.96 Å². The Labute approximate surface area is 237 Å². The predicted molar refractivity (Wildman–Crippen MR) is 159 cm³/mol. The molecule has 4 rings (SSSR count). The highest BCUT2D eigenvalue weighted by molar-refractivity contribution is 9.11. The standard InChI is InChI=1S/C28H28Br2N6O2/c29-19-10-11-22(23(30)16-19)26(27(38)35-20-6-2-1-3-7-20)36(25(37)12-14-33-28(31)32)15-13-18-17-34-24-9-5-4-8-21(18)24/h1-11,16-17,26,34H,12-15H2,(H,35,38)(H4,31,32,33). The molecule has 0 saturated carbocycles. The number of carbonyl (C=O) groups excluding carboxylic acids is 2. The molecule has 0 fully saturated rings. The zero-order valence-electron chi connectivity index (χ0n) is 20.5. The zero-order valence-corrected chi connectivity index (χ0v) is 23.7. The summed E-state index contributed by atoms with van der Waals surface area (Å²) in [5.41, 5.74) is 14.3. The van der Waals surface area contributed by atoms with Gasteiger partial charge in [0.05, 0.1) is 6.54 Å². The number of guanidine groups is 1. The number of hydrogen-bond donors (Lipinski definition) is 4. The van der Waals surface area contributed by atoms with Crippen molar-refractivity contribution in [1.29, 1.82) is 0 Å². The van der Waals surface area contributed by atoms with E-state index >= 15 is 0 Å². The molecule has 0 saturated heterocycles. The Balaban J connectivity index is 1.71. The number of benzene rings is 3. The average molecular weight is 640 g/mol. The van der Waals surface area contributed by atoms with E-state index in [1.165, 1.54) is 0 Å². The lowest BCUT2D eigenvalue weighted by molar-refractivity contribution is -0.138. The molecule has 38 heavy (non-hydrogen) atoms. The van der Waals surface area contributed by atoms with Crippen molar-refractivity contribution in [2.45, 2.75) is 18.9 Å². The van der Waals surface area contributed by atoms with Gasteiger partial charge in [-0.05, 0) is 47.9 Å². The van der Waals surface area contributed by atoms with E-state index in [1.54, 1.807) is 4.90 Å². The second kappa shape index (κ2) is 12.7. The molecule has 0 bridgehead atoms. The first kappa shape index (κ1) is 27.4. The summed E-state index contributed by atoms with van der Waals surface area (Å²) in [5.74, 6) is -0.650. The fourth-order valence-corrected chi connectivity index (χ4v) is 5.57. The van der Waals surface area contributed by atoms with E-state index in [-0.39, 0.29) is 30.7 Å². The summed E-state index contributed by atoms with van der Waals surface area (Å²) in [7, 11) is 0. The Morgan fingerprint density at radius 2 is 1.74 bits per heavy atom. The van der Waals surface area contributed by atoms with Crippen molar-refractivity contribution in [2.75, 3.05) is 18.4 Å². The van der Waals surface area contributed by atoms with Crippen LogP contribution in [0.1, 0.15) is 23.6 Å². The maximum Gasteiger partial charge on any atom is 0.251 e. The number of aromatic nitrogens is 1. The lowest BCUT2D eigenvalue weighted by Crippen LogP contribution is -2.43. The van der Waals surface area contributed by atoms with E-state index in [2.05, 4.69) is 47.2 Å². The van der Waals surface area contributed by atoms with Crippen molar-refractivity contribution in [3.63, 3.8) is 0 Å². The normalized spacial score (nSPS) is 11.6. The van der Waals surface area contributed by atoms with Crippen LogP contribution in [0, 0.1) is 0 Å². The first-order valence-electron chi connectivity index (χ1n) is 12.0. The molecule has 1 heterocycles. The molecular weight excluding hydrogens is 612 g/mol. The monoisotopic (exact) mass is 638 g/mol. The van der Waals surface area contributed by atoms with Crippen LogP contribution in [-0.2, 0) is 16.0 Å². The minimum atomic E-state index is -0.908. The minimum absolute atomic E-state index is 0.0506. The third-order valence-corrected chi connectivity index (χ3v) is 7.28. The lowest BCUT2D eigenvalue weighted by Gasteiger charge is -2.32. The highest BCUT2D eigenvalue weighted by Gasteiger charge is 2.33.